The van der Waals surface area contributed by atoms with E-state index in [1.807, 2.05) is 0 Å². The molecule has 0 fully saturated rings. The van der Waals surface area contributed by atoms with Crippen LogP contribution in [0.25, 0.3) is 0 Å². The minimum absolute atomic E-state index is 0.00303. The second-order valence-electron chi connectivity index (χ2n) is 8.87. The molecular formula is C26H37N. The van der Waals surface area contributed by atoms with Gasteiger partial charge in [-0.1, -0.05) is 58.4 Å². The minimum Gasteiger partial charge on any atom is -0.362 e. The summed E-state index contributed by atoms with van der Waals surface area (Å²) >= 11 is 0. The second kappa shape index (κ2) is 7.59. The van der Waals surface area contributed by atoms with E-state index in [4.69, 9.17) is 6.42 Å². The van der Waals surface area contributed by atoms with E-state index < -0.39 is 0 Å². The van der Waals surface area contributed by atoms with Gasteiger partial charge in [0.1, 0.15) is 0 Å². The maximum Gasteiger partial charge on any atom is 0.0406 e. The predicted molar refractivity (Wildman–Crippen MR) is 119 cm³/mol. The lowest BCUT2D eigenvalue weighted by molar-refractivity contribution is 0.0669. The number of terminal acetylenes is 1. The van der Waals surface area contributed by atoms with Crippen LogP contribution < -0.4 is 5.32 Å². The van der Waals surface area contributed by atoms with Crippen LogP contribution in [0.3, 0.4) is 0 Å². The quantitative estimate of drug-likeness (QED) is 0.461. The SMILES string of the molecule is C#CC(C)(CC)C(C)(CC)C(C)C(=C)NC1=C(C)C1C=C1C=C(C)C(C)=C1. The molecule has 0 radical (unpaired) electrons. The van der Waals surface area contributed by atoms with Gasteiger partial charge in [0, 0.05) is 28.6 Å². The lowest BCUT2D eigenvalue weighted by Gasteiger charge is -2.47. The van der Waals surface area contributed by atoms with Gasteiger partial charge in [0.15, 0.2) is 0 Å². The van der Waals surface area contributed by atoms with Gasteiger partial charge in [-0.3, -0.25) is 0 Å². The highest BCUT2D eigenvalue weighted by molar-refractivity contribution is 5.54. The summed E-state index contributed by atoms with van der Waals surface area (Å²) in [5.41, 5.74) is 7.69. The molecule has 0 heterocycles. The molecule has 0 aromatic carbocycles. The fraction of sp³-hybridized carbons (Fsp3) is 0.538. The van der Waals surface area contributed by atoms with Crippen molar-refractivity contribution in [2.45, 2.75) is 68.2 Å². The van der Waals surface area contributed by atoms with E-state index in [1.165, 1.54) is 28.0 Å². The molecule has 0 saturated carbocycles. The van der Waals surface area contributed by atoms with Gasteiger partial charge in [-0.25, -0.2) is 0 Å². The molecule has 0 aromatic heterocycles. The largest absolute Gasteiger partial charge is 0.362 e. The van der Waals surface area contributed by atoms with Gasteiger partial charge in [-0.2, -0.15) is 0 Å². The maximum atomic E-state index is 5.96. The summed E-state index contributed by atoms with van der Waals surface area (Å²) in [6.45, 7) is 22.2. The van der Waals surface area contributed by atoms with Crippen LogP contribution in [0.5, 0.6) is 0 Å². The molecule has 2 aliphatic carbocycles. The van der Waals surface area contributed by atoms with Gasteiger partial charge in [-0.15, -0.1) is 6.42 Å². The molecule has 4 unspecified atom stereocenters. The summed E-state index contributed by atoms with van der Waals surface area (Å²) in [4.78, 5) is 0. The van der Waals surface area contributed by atoms with Crippen molar-refractivity contribution in [1.82, 2.24) is 5.32 Å². The van der Waals surface area contributed by atoms with E-state index in [-0.39, 0.29) is 16.7 Å². The van der Waals surface area contributed by atoms with Crippen molar-refractivity contribution < 1.29 is 0 Å². The molecule has 0 bridgehead atoms. The van der Waals surface area contributed by atoms with Crippen LogP contribution in [0.4, 0.5) is 0 Å². The first-order chi connectivity index (χ1) is 12.5. The Kier molecular flexibility index (Phi) is 6.00. The molecule has 0 aliphatic heterocycles. The topological polar surface area (TPSA) is 12.0 Å². The molecule has 2 rings (SSSR count). The van der Waals surface area contributed by atoms with Crippen molar-refractivity contribution in [1.29, 1.82) is 0 Å². The fourth-order valence-electron chi connectivity index (χ4n) is 4.31. The highest BCUT2D eigenvalue weighted by Crippen LogP contribution is 2.51. The monoisotopic (exact) mass is 363 g/mol. The number of hydrogen-bond acceptors (Lipinski definition) is 1. The molecule has 0 amide bonds. The molecule has 0 aromatic rings. The third-order valence-electron chi connectivity index (χ3n) is 7.66. The molecule has 0 spiro atoms. The van der Waals surface area contributed by atoms with Crippen molar-refractivity contribution >= 4 is 0 Å². The summed E-state index contributed by atoms with van der Waals surface area (Å²) in [6.07, 6.45) is 14.9. The van der Waals surface area contributed by atoms with Crippen LogP contribution in [0.1, 0.15) is 68.2 Å². The number of hydrogen-bond donors (Lipinski definition) is 1. The van der Waals surface area contributed by atoms with E-state index >= 15 is 0 Å². The average molecular weight is 364 g/mol. The summed E-state index contributed by atoms with van der Waals surface area (Å²) in [6, 6.07) is 0. The van der Waals surface area contributed by atoms with E-state index in [0.29, 0.717) is 5.92 Å². The van der Waals surface area contributed by atoms with Crippen molar-refractivity contribution in [2.24, 2.45) is 22.7 Å². The number of nitrogens with one attached hydrogen (secondary N) is 1. The van der Waals surface area contributed by atoms with Crippen molar-refractivity contribution in [3.8, 4) is 12.3 Å². The second-order valence-corrected chi connectivity index (χ2v) is 8.87. The van der Waals surface area contributed by atoms with Crippen LogP contribution in [-0.2, 0) is 0 Å². The van der Waals surface area contributed by atoms with Crippen LogP contribution in [0.15, 0.2) is 58.5 Å². The zero-order valence-corrected chi connectivity index (χ0v) is 18.6. The Balaban J connectivity index is 2.11. The van der Waals surface area contributed by atoms with Crippen LogP contribution in [0, 0.1) is 35.0 Å². The van der Waals surface area contributed by atoms with E-state index in [1.54, 1.807) is 0 Å². The smallest absolute Gasteiger partial charge is 0.0406 e. The lowest BCUT2D eigenvalue weighted by atomic mass is 9.57. The van der Waals surface area contributed by atoms with Crippen molar-refractivity contribution in [3.05, 3.63) is 58.5 Å². The molecule has 1 heteroatoms. The highest BCUT2D eigenvalue weighted by Gasteiger charge is 2.46. The zero-order valence-electron chi connectivity index (χ0n) is 18.6. The Labute approximate surface area is 167 Å². The Morgan fingerprint density at radius 2 is 1.78 bits per heavy atom. The Morgan fingerprint density at radius 3 is 2.22 bits per heavy atom. The molecule has 27 heavy (non-hydrogen) atoms. The molecule has 146 valence electrons. The molecule has 4 atom stereocenters. The Morgan fingerprint density at radius 1 is 1.22 bits per heavy atom. The molecule has 0 saturated heterocycles. The van der Waals surface area contributed by atoms with Crippen LogP contribution >= 0.6 is 0 Å². The highest BCUT2D eigenvalue weighted by atomic mass is 15.0. The molecular weight excluding hydrogens is 326 g/mol. The third-order valence-corrected chi connectivity index (χ3v) is 7.66. The average Bonchev–Trinajstić information content (AvgIpc) is 3.11. The zero-order chi connectivity index (χ0) is 20.6. The van der Waals surface area contributed by atoms with Crippen molar-refractivity contribution in [2.75, 3.05) is 0 Å². The first kappa shape index (κ1) is 21.4. The minimum atomic E-state index is -0.144. The summed E-state index contributed by atoms with van der Waals surface area (Å²) < 4.78 is 0. The number of allylic oxidation sites excluding steroid dienone is 8. The Bertz CT molecular complexity index is 775. The predicted octanol–water partition coefficient (Wildman–Crippen LogP) is 6.93. The first-order valence-electron chi connectivity index (χ1n) is 10.3. The van der Waals surface area contributed by atoms with E-state index in [0.717, 1.165) is 18.5 Å². The van der Waals surface area contributed by atoms with Gasteiger partial charge >= 0.3 is 0 Å². The summed E-state index contributed by atoms with van der Waals surface area (Å²) in [5.74, 6) is 3.79. The first-order valence-corrected chi connectivity index (χ1v) is 10.3. The van der Waals surface area contributed by atoms with Crippen LogP contribution in [0.2, 0.25) is 0 Å². The normalized spacial score (nSPS) is 24.3. The van der Waals surface area contributed by atoms with Crippen LogP contribution in [-0.4, -0.2) is 0 Å². The van der Waals surface area contributed by atoms with Gasteiger partial charge in [0.2, 0.25) is 0 Å². The maximum absolute atomic E-state index is 5.96. The summed E-state index contributed by atoms with van der Waals surface area (Å²) in [7, 11) is 0. The third kappa shape index (κ3) is 3.73. The molecule has 1 N–H and O–H groups in total. The van der Waals surface area contributed by atoms with Crippen molar-refractivity contribution in [3.63, 3.8) is 0 Å². The molecule has 1 nitrogen and oxygen atoms in total. The molecule has 2 aliphatic rings. The standard InChI is InChI=1S/C26H37N/c1-11-25(9,12-2)26(10,13-3)20(7)21(8)27-24-19(6)23(24)16-22-14-17(4)18(5)15-22/h1,14-16,20,23,27H,8,12-13H2,2-7,9-10H3. The lowest BCUT2D eigenvalue weighted by Crippen LogP contribution is -2.43. The van der Waals surface area contributed by atoms with Gasteiger partial charge < -0.3 is 5.32 Å². The summed E-state index contributed by atoms with van der Waals surface area (Å²) in [5, 5.41) is 3.64. The van der Waals surface area contributed by atoms with E-state index in [2.05, 4.69) is 91.4 Å². The Hall–Kier alpha value is -1.94. The van der Waals surface area contributed by atoms with Gasteiger partial charge in [0.05, 0.1) is 0 Å². The van der Waals surface area contributed by atoms with Gasteiger partial charge in [0.25, 0.3) is 0 Å². The van der Waals surface area contributed by atoms with E-state index in [9.17, 15) is 0 Å². The van der Waals surface area contributed by atoms with Gasteiger partial charge in [-0.05, 0) is 68.2 Å². The fourth-order valence-corrected chi connectivity index (χ4v) is 4.31. The number of rotatable bonds is 8.